The molecular formula is C17H24N4O3. The number of benzene rings is 1. The van der Waals surface area contributed by atoms with Crippen molar-refractivity contribution in [3.63, 3.8) is 0 Å². The minimum atomic E-state index is -0.449. The fourth-order valence-electron chi connectivity index (χ4n) is 2.95. The first-order chi connectivity index (χ1) is 11.5. The zero-order chi connectivity index (χ0) is 17.7. The molecule has 1 aromatic carbocycles. The number of carbonyl (C=O) groups excluding carboxylic acids is 2. The van der Waals surface area contributed by atoms with E-state index in [2.05, 4.69) is 10.3 Å². The zero-order valence-corrected chi connectivity index (χ0v) is 14.3. The second-order valence-electron chi connectivity index (χ2n) is 5.98. The molecule has 0 spiro atoms. The van der Waals surface area contributed by atoms with Crippen molar-refractivity contribution in [1.29, 1.82) is 0 Å². The van der Waals surface area contributed by atoms with Crippen molar-refractivity contribution in [2.75, 3.05) is 27.2 Å². The summed E-state index contributed by atoms with van der Waals surface area (Å²) in [5.41, 5.74) is 6.71. The van der Waals surface area contributed by atoms with Gasteiger partial charge >= 0.3 is 5.97 Å². The predicted octanol–water partition coefficient (Wildman–Crippen LogP) is 0.602. The number of carbonyl (C=O) groups is 2. The van der Waals surface area contributed by atoms with E-state index < -0.39 is 5.91 Å². The Bertz CT molecular complexity index is 644. The van der Waals surface area contributed by atoms with Gasteiger partial charge in [0.2, 0.25) is 5.91 Å². The van der Waals surface area contributed by atoms with Crippen LogP contribution in [0.4, 0.5) is 0 Å². The molecule has 0 aromatic heterocycles. The molecule has 0 aliphatic carbocycles. The normalized spacial score (nSPS) is 20.8. The minimum absolute atomic E-state index is 0.147. The van der Waals surface area contributed by atoms with E-state index in [1.807, 2.05) is 17.9 Å². The van der Waals surface area contributed by atoms with Crippen molar-refractivity contribution in [2.24, 2.45) is 22.6 Å². The van der Waals surface area contributed by atoms with E-state index in [0.717, 1.165) is 18.1 Å². The molecule has 1 heterocycles. The first-order valence-electron chi connectivity index (χ1n) is 7.88. The van der Waals surface area contributed by atoms with Gasteiger partial charge in [0.05, 0.1) is 13.0 Å². The second kappa shape index (κ2) is 7.81. The monoisotopic (exact) mass is 332 g/mol. The van der Waals surface area contributed by atoms with Gasteiger partial charge < -0.3 is 20.7 Å². The van der Waals surface area contributed by atoms with Crippen molar-refractivity contribution in [3.8, 4) is 0 Å². The van der Waals surface area contributed by atoms with Gasteiger partial charge in [0.15, 0.2) is 5.96 Å². The van der Waals surface area contributed by atoms with Crippen molar-refractivity contribution < 1.29 is 14.3 Å². The largest absolute Gasteiger partial charge is 0.469 e. The molecule has 3 N–H and O–H groups in total. The Morgan fingerprint density at radius 2 is 2.17 bits per heavy atom. The first kappa shape index (κ1) is 17.8. The first-order valence-corrected chi connectivity index (χ1v) is 7.88. The molecule has 0 saturated carbocycles. The third-order valence-electron chi connectivity index (χ3n) is 4.29. The van der Waals surface area contributed by atoms with Crippen molar-refractivity contribution in [2.45, 2.75) is 13.5 Å². The predicted molar refractivity (Wildman–Crippen MR) is 91.4 cm³/mol. The van der Waals surface area contributed by atoms with Gasteiger partial charge in [-0.1, -0.05) is 19.1 Å². The number of primary amides is 1. The Morgan fingerprint density at radius 1 is 1.42 bits per heavy atom. The maximum atomic E-state index is 11.8. The maximum Gasteiger partial charge on any atom is 0.310 e. The van der Waals surface area contributed by atoms with Crippen LogP contribution < -0.4 is 11.1 Å². The lowest BCUT2D eigenvalue weighted by Crippen LogP contribution is -2.40. The highest BCUT2D eigenvalue weighted by Crippen LogP contribution is 2.24. The lowest BCUT2D eigenvalue weighted by atomic mass is 9.99. The molecule has 1 aliphatic rings. The molecule has 1 amide bonds. The Hall–Kier alpha value is -2.57. The highest BCUT2D eigenvalue weighted by molar-refractivity contribution is 5.92. The molecule has 7 heteroatoms. The SMILES string of the molecule is CN=C(NCc1cccc(C(N)=O)c1)N1CC(C)C(C(=O)OC)C1. The lowest BCUT2D eigenvalue weighted by molar-refractivity contribution is -0.145. The molecule has 1 saturated heterocycles. The van der Waals surface area contributed by atoms with Gasteiger partial charge in [-0.05, 0) is 23.6 Å². The summed E-state index contributed by atoms with van der Waals surface area (Å²) in [5, 5.41) is 3.26. The summed E-state index contributed by atoms with van der Waals surface area (Å²) < 4.78 is 4.86. The van der Waals surface area contributed by atoms with E-state index in [-0.39, 0.29) is 17.8 Å². The summed E-state index contributed by atoms with van der Waals surface area (Å²) in [6.45, 7) is 3.86. The van der Waals surface area contributed by atoms with Gasteiger partial charge in [-0.3, -0.25) is 14.6 Å². The maximum absolute atomic E-state index is 11.8. The number of rotatable bonds is 4. The van der Waals surface area contributed by atoms with E-state index >= 15 is 0 Å². The average molecular weight is 332 g/mol. The number of guanidine groups is 1. The van der Waals surface area contributed by atoms with Crippen LogP contribution in [0.2, 0.25) is 0 Å². The van der Waals surface area contributed by atoms with E-state index in [0.29, 0.717) is 18.7 Å². The minimum Gasteiger partial charge on any atom is -0.469 e. The number of aliphatic imine (C=N–C) groups is 1. The number of nitrogens with two attached hydrogens (primary N) is 1. The van der Waals surface area contributed by atoms with Crippen molar-refractivity contribution in [3.05, 3.63) is 35.4 Å². The van der Waals surface area contributed by atoms with E-state index in [1.165, 1.54) is 7.11 Å². The van der Waals surface area contributed by atoms with Crippen LogP contribution in [0.5, 0.6) is 0 Å². The van der Waals surface area contributed by atoms with Crippen LogP contribution in [-0.4, -0.2) is 50.0 Å². The molecule has 0 bridgehead atoms. The Morgan fingerprint density at radius 3 is 2.79 bits per heavy atom. The number of hydrogen-bond acceptors (Lipinski definition) is 4. The lowest BCUT2D eigenvalue weighted by Gasteiger charge is -2.21. The average Bonchev–Trinajstić information content (AvgIpc) is 2.96. The van der Waals surface area contributed by atoms with Gasteiger partial charge in [-0.2, -0.15) is 0 Å². The Labute approximate surface area is 141 Å². The quantitative estimate of drug-likeness (QED) is 0.478. The number of esters is 1. The van der Waals surface area contributed by atoms with E-state index in [4.69, 9.17) is 10.5 Å². The van der Waals surface area contributed by atoms with E-state index in [1.54, 1.807) is 25.2 Å². The van der Waals surface area contributed by atoms with E-state index in [9.17, 15) is 9.59 Å². The van der Waals surface area contributed by atoms with Gasteiger partial charge in [-0.15, -0.1) is 0 Å². The zero-order valence-electron chi connectivity index (χ0n) is 14.3. The number of amides is 1. The van der Waals surface area contributed by atoms with Crippen LogP contribution in [0.1, 0.15) is 22.8 Å². The Kier molecular flexibility index (Phi) is 5.78. The van der Waals surface area contributed by atoms with Crippen LogP contribution in [0.15, 0.2) is 29.3 Å². The number of methoxy groups -OCH3 is 1. The van der Waals surface area contributed by atoms with Crippen LogP contribution in [0.3, 0.4) is 0 Å². The summed E-state index contributed by atoms with van der Waals surface area (Å²) >= 11 is 0. The van der Waals surface area contributed by atoms with Crippen LogP contribution >= 0.6 is 0 Å². The van der Waals surface area contributed by atoms with Crippen LogP contribution in [0, 0.1) is 11.8 Å². The third-order valence-corrected chi connectivity index (χ3v) is 4.29. The molecule has 7 nitrogen and oxygen atoms in total. The van der Waals surface area contributed by atoms with Gasteiger partial charge in [0, 0.05) is 32.2 Å². The summed E-state index contributed by atoms with van der Waals surface area (Å²) in [4.78, 5) is 29.4. The number of hydrogen-bond donors (Lipinski definition) is 2. The second-order valence-corrected chi connectivity index (χ2v) is 5.98. The number of ether oxygens (including phenoxy) is 1. The topological polar surface area (TPSA) is 97.0 Å². The summed E-state index contributed by atoms with van der Waals surface area (Å²) in [6, 6.07) is 7.15. The highest BCUT2D eigenvalue weighted by Gasteiger charge is 2.36. The van der Waals surface area contributed by atoms with Gasteiger partial charge in [-0.25, -0.2) is 0 Å². The number of likely N-dealkylation sites (tertiary alicyclic amines) is 1. The number of nitrogens with one attached hydrogen (secondary N) is 1. The molecule has 2 rings (SSSR count). The standard InChI is InChI=1S/C17H24N4O3/c1-11-9-21(10-14(11)16(23)24-3)17(19-2)20-8-12-5-4-6-13(7-12)15(18)22/h4-7,11,14H,8-10H2,1-3H3,(H2,18,22)(H,19,20). The molecule has 2 unspecified atom stereocenters. The summed E-state index contributed by atoms with van der Waals surface area (Å²) in [5.74, 6) is 0.142. The molecular weight excluding hydrogens is 308 g/mol. The molecule has 0 radical (unpaired) electrons. The third kappa shape index (κ3) is 4.04. The van der Waals surface area contributed by atoms with Crippen molar-refractivity contribution in [1.82, 2.24) is 10.2 Å². The molecule has 130 valence electrons. The summed E-state index contributed by atoms with van der Waals surface area (Å²) in [6.07, 6.45) is 0. The molecule has 24 heavy (non-hydrogen) atoms. The summed E-state index contributed by atoms with van der Waals surface area (Å²) in [7, 11) is 3.12. The molecule has 1 fully saturated rings. The van der Waals surface area contributed by atoms with Crippen LogP contribution in [-0.2, 0) is 16.1 Å². The van der Waals surface area contributed by atoms with Gasteiger partial charge in [0.1, 0.15) is 0 Å². The molecule has 1 aromatic rings. The molecule has 2 atom stereocenters. The fourth-order valence-corrected chi connectivity index (χ4v) is 2.95. The smallest absolute Gasteiger partial charge is 0.310 e. The fraction of sp³-hybridized carbons (Fsp3) is 0.471. The van der Waals surface area contributed by atoms with Gasteiger partial charge in [0.25, 0.3) is 0 Å². The molecule has 1 aliphatic heterocycles. The Balaban J connectivity index is 2.00. The number of nitrogens with zero attached hydrogens (tertiary/aromatic N) is 2. The van der Waals surface area contributed by atoms with Crippen molar-refractivity contribution >= 4 is 17.8 Å². The van der Waals surface area contributed by atoms with Crippen LogP contribution in [0.25, 0.3) is 0 Å². The highest BCUT2D eigenvalue weighted by atomic mass is 16.5.